The number of hydrogen-bond donors (Lipinski definition) is 4. The molecule has 1 atom stereocenters. The van der Waals surface area contributed by atoms with Gasteiger partial charge < -0.3 is 26.3 Å². The first kappa shape index (κ1) is 16.3. The number of nitrogens with zero attached hydrogens (tertiary/aromatic N) is 4. The molecule has 3 aromatic rings. The summed E-state index contributed by atoms with van der Waals surface area (Å²) in [6, 6.07) is 8.12. The van der Waals surface area contributed by atoms with Crippen molar-refractivity contribution in [2.24, 2.45) is 12.8 Å². The molecule has 0 radical (unpaired) electrons. The van der Waals surface area contributed by atoms with E-state index in [4.69, 9.17) is 5.73 Å². The van der Waals surface area contributed by atoms with Crippen LogP contribution in [-0.2, 0) is 7.05 Å². The molecule has 1 aliphatic heterocycles. The summed E-state index contributed by atoms with van der Waals surface area (Å²) >= 11 is 0. The molecule has 1 fully saturated rings. The average molecular weight is 352 g/mol. The number of nitrogens with two attached hydrogens (primary N) is 1. The van der Waals surface area contributed by atoms with Crippen molar-refractivity contribution in [3.05, 3.63) is 36.2 Å². The van der Waals surface area contributed by atoms with Crippen molar-refractivity contribution in [3.8, 4) is 0 Å². The highest BCUT2D eigenvalue weighted by atomic mass is 16.1. The fourth-order valence-electron chi connectivity index (χ4n) is 3.14. The third kappa shape index (κ3) is 3.04. The summed E-state index contributed by atoms with van der Waals surface area (Å²) < 4.78 is 2.02. The van der Waals surface area contributed by atoms with Gasteiger partial charge >= 0.3 is 0 Å². The Kier molecular flexibility index (Phi) is 4.13. The first-order valence-corrected chi connectivity index (χ1v) is 8.44. The van der Waals surface area contributed by atoms with E-state index < -0.39 is 5.91 Å². The van der Waals surface area contributed by atoms with Gasteiger partial charge in [0, 0.05) is 42.4 Å². The number of carbonyl (C=O) groups is 1. The molecule has 0 unspecified atom stereocenters. The predicted octanol–water partition coefficient (Wildman–Crippen LogP) is 0.980. The Labute approximate surface area is 150 Å². The van der Waals surface area contributed by atoms with Gasteiger partial charge in [-0.2, -0.15) is 4.98 Å². The monoisotopic (exact) mass is 352 g/mol. The Balaban J connectivity index is 1.69. The minimum Gasteiger partial charge on any atom is -0.364 e. The van der Waals surface area contributed by atoms with Crippen LogP contribution in [0.2, 0.25) is 0 Å². The van der Waals surface area contributed by atoms with Crippen molar-refractivity contribution in [2.45, 2.75) is 12.5 Å². The van der Waals surface area contributed by atoms with Crippen LogP contribution in [-0.4, -0.2) is 44.8 Å². The highest BCUT2D eigenvalue weighted by Crippen LogP contribution is 2.27. The lowest BCUT2D eigenvalue weighted by atomic mass is 10.2. The number of aryl methyl sites for hydroxylation is 1. The number of benzene rings is 1. The van der Waals surface area contributed by atoms with E-state index in [0.29, 0.717) is 5.95 Å². The smallest absolute Gasteiger partial charge is 0.273 e. The van der Waals surface area contributed by atoms with E-state index in [0.717, 1.165) is 36.1 Å². The topological polar surface area (TPSA) is 123 Å². The zero-order chi connectivity index (χ0) is 18.1. The van der Waals surface area contributed by atoms with Crippen LogP contribution in [0.25, 0.3) is 10.9 Å². The van der Waals surface area contributed by atoms with E-state index >= 15 is 0 Å². The van der Waals surface area contributed by atoms with E-state index in [1.807, 2.05) is 42.1 Å². The van der Waals surface area contributed by atoms with E-state index in [1.54, 1.807) is 0 Å². The van der Waals surface area contributed by atoms with Crippen molar-refractivity contribution >= 4 is 34.3 Å². The Morgan fingerprint density at radius 3 is 3.00 bits per heavy atom. The lowest BCUT2D eigenvalue weighted by molar-refractivity contribution is 0.0995. The van der Waals surface area contributed by atoms with Gasteiger partial charge in [-0.25, -0.2) is 0 Å². The molecule has 134 valence electrons. The first-order chi connectivity index (χ1) is 12.6. The number of hydrogen-bond acceptors (Lipinski definition) is 7. The number of carbonyl (C=O) groups excluding carboxylic acids is 1. The first-order valence-electron chi connectivity index (χ1n) is 8.44. The van der Waals surface area contributed by atoms with Gasteiger partial charge in [-0.3, -0.25) is 4.79 Å². The second kappa shape index (κ2) is 6.60. The quantitative estimate of drug-likeness (QED) is 0.540. The van der Waals surface area contributed by atoms with E-state index in [2.05, 4.69) is 31.1 Å². The van der Waals surface area contributed by atoms with E-state index in [-0.39, 0.29) is 17.6 Å². The van der Waals surface area contributed by atoms with Gasteiger partial charge in [0.15, 0.2) is 11.5 Å². The van der Waals surface area contributed by atoms with E-state index in [1.165, 1.54) is 0 Å². The van der Waals surface area contributed by atoms with Crippen molar-refractivity contribution in [2.75, 3.05) is 23.7 Å². The number of primary amides is 1. The molecule has 1 aliphatic rings. The molecule has 9 heteroatoms. The van der Waals surface area contributed by atoms with Crippen molar-refractivity contribution in [3.63, 3.8) is 0 Å². The standard InChI is InChI=1S/C17H20N8O/c1-25-8-6-11-12(3-2-4-13(11)25)21-16-14(15(18)26)23-24-17(22-16)20-10-5-7-19-9-10/h2-4,6,8,10,19H,5,7,9H2,1H3,(H2,18,26)(H2,20,21,22,24)/t10-/m0/s1. The summed E-state index contributed by atoms with van der Waals surface area (Å²) in [6.45, 7) is 1.79. The van der Waals surface area contributed by atoms with Gasteiger partial charge in [0.25, 0.3) is 5.91 Å². The molecule has 2 aromatic heterocycles. The lowest BCUT2D eigenvalue weighted by Gasteiger charge is -2.14. The molecule has 0 bridgehead atoms. The van der Waals surface area contributed by atoms with Crippen LogP contribution in [0.1, 0.15) is 16.9 Å². The van der Waals surface area contributed by atoms with Gasteiger partial charge in [-0.15, -0.1) is 10.2 Å². The summed E-state index contributed by atoms with van der Waals surface area (Å²) in [5, 5.41) is 18.7. The van der Waals surface area contributed by atoms with Crippen LogP contribution in [0.5, 0.6) is 0 Å². The lowest BCUT2D eigenvalue weighted by Crippen LogP contribution is -2.25. The van der Waals surface area contributed by atoms with Gasteiger partial charge in [0.1, 0.15) is 0 Å². The molecule has 4 rings (SSSR count). The second-order valence-electron chi connectivity index (χ2n) is 6.32. The van der Waals surface area contributed by atoms with Crippen LogP contribution >= 0.6 is 0 Å². The molecule has 5 N–H and O–H groups in total. The third-order valence-electron chi connectivity index (χ3n) is 4.49. The zero-order valence-electron chi connectivity index (χ0n) is 14.4. The van der Waals surface area contributed by atoms with Crippen molar-refractivity contribution in [1.82, 2.24) is 25.1 Å². The minimum atomic E-state index is -0.679. The fraction of sp³-hybridized carbons (Fsp3) is 0.294. The highest BCUT2D eigenvalue weighted by molar-refractivity contribution is 5.99. The molecule has 0 aliphatic carbocycles. The largest absolute Gasteiger partial charge is 0.364 e. The zero-order valence-corrected chi connectivity index (χ0v) is 14.4. The second-order valence-corrected chi connectivity index (χ2v) is 6.32. The maximum absolute atomic E-state index is 11.7. The Morgan fingerprint density at radius 2 is 2.23 bits per heavy atom. The average Bonchev–Trinajstić information content (AvgIpc) is 3.26. The third-order valence-corrected chi connectivity index (χ3v) is 4.49. The number of rotatable bonds is 5. The number of fused-ring (bicyclic) bond motifs is 1. The van der Waals surface area contributed by atoms with Crippen LogP contribution in [0.15, 0.2) is 30.5 Å². The summed E-state index contributed by atoms with van der Waals surface area (Å²) in [4.78, 5) is 16.2. The van der Waals surface area contributed by atoms with Crippen LogP contribution in [0, 0.1) is 0 Å². The van der Waals surface area contributed by atoms with Crippen LogP contribution < -0.4 is 21.7 Å². The van der Waals surface area contributed by atoms with Gasteiger partial charge in [-0.1, -0.05) is 6.07 Å². The number of amides is 1. The van der Waals surface area contributed by atoms with Crippen molar-refractivity contribution < 1.29 is 4.79 Å². The van der Waals surface area contributed by atoms with Gasteiger partial charge in [0.2, 0.25) is 5.95 Å². The molecular formula is C17H20N8O. The normalized spacial score (nSPS) is 16.7. The Bertz CT molecular complexity index is 961. The summed E-state index contributed by atoms with van der Waals surface area (Å²) in [6.07, 6.45) is 2.95. The molecule has 26 heavy (non-hydrogen) atoms. The van der Waals surface area contributed by atoms with E-state index in [9.17, 15) is 4.79 Å². The Hall–Kier alpha value is -3.20. The molecule has 3 heterocycles. The molecule has 1 amide bonds. The SMILES string of the molecule is Cn1ccc2c(Nc3nc(N[C@H]4CCNC4)nnc3C(N)=O)cccc21. The molecular weight excluding hydrogens is 332 g/mol. The van der Waals surface area contributed by atoms with Crippen LogP contribution in [0.4, 0.5) is 17.5 Å². The van der Waals surface area contributed by atoms with Crippen LogP contribution in [0.3, 0.4) is 0 Å². The molecule has 9 nitrogen and oxygen atoms in total. The maximum atomic E-state index is 11.7. The number of aromatic nitrogens is 4. The number of anilines is 3. The summed E-state index contributed by atoms with van der Waals surface area (Å²) in [5.74, 6) is -0.0226. The van der Waals surface area contributed by atoms with Gasteiger partial charge in [-0.05, 0) is 31.2 Å². The highest BCUT2D eigenvalue weighted by Gasteiger charge is 2.19. The minimum absolute atomic E-state index is 0.00744. The summed E-state index contributed by atoms with van der Waals surface area (Å²) in [7, 11) is 1.98. The molecule has 1 saturated heterocycles. The predicted molar refractivity (Wildman–Crippen MR) is 99.4 cm³/mol. The molecule has 0 saturated carbocycles. The Morgan fingerprint density at radius 1 is 1.35 bits per heavy atom. The van der Waals surface area contributed by atoms with Gasteiger partial charge in [0.05, 0.1) is 0 Å². The summed E-state index contributed by atoms with van der Waals surface area (Å²) in [5.41, 5.74) is 7.33. The fourth-order valence-corrected chi connectivity index (χ4v) is 3.14. The number of nitrogens with one attached hydrogen (secondary N) is 3. The maximum Gasteiger partial charge on any atom is 0.273 e. The molecule has 1 aromatic carbocycles. The van der Waals surface area contributed by atoms with Crippen molar-refractivity contribution in [1.29, 1.82) is 0 Å². The molecule has 0 spiro atoms.